The number of rotatable bonds is 8. The minimum Gasteiger partial charge on any atom is -0.497 e. The lowest BCUT2D eigenvalue weighted by molar-refractivity contribution is -0.143. The number of amides is 1. The first-order chi connectivity index (χ1) is 12.0. The van der Waals surface area contributed by atoms with Crippen LogP contribution in [0.4, 0.5) is 0 Å². The number of benzene rings is 2. The van der Waals surface area contributed by atoms with Gasteiger partial charge in [0.2, 0.25) is 0 Å². The molecule has 6 nitrogen and oxygen atoms in total. The van der Waals surface area contributed by atoms with Crippen molar-refractivity contribution in [1.29, 1.82) is 0 Å². The Hall–Kier alpha value is -3.02. The molecule has 1 amide bonds. The summed E-state index contributed by atoms with van der Waals surface area (Å²) in [4.78, 5) is 23.7. The van der Waals surface area contributed by atoms with E-state index in [-0.39, 0.29) is 13.2 Å². The predicted octanol–water partition coefficient (Wildman–Crippen LogP) is 2.23. The second-order valence-corrected chi connectivity index (χ2v) is 5.75. The van der Waals surface area contributed by atoms with Gasteiger partial charge < -0.3 is 19.9 Å². The number of carbonyl (C=O) groups excluding carboxylic acids is 1. The van der Waals surface area contributed by atoms with Crippen molar-refractivity contribution in [3.05, 3.63) is 60.2 Å². The molecule has 0 aromatic heterocycles. The molecule has 25 heavy (non-hydrogen) atoms. The largest absolute Gasteiger partial charge is 0.497 e. The Morgan fingerprint density at radius 2 is 1.76 bits per heavy atom. The second-order valence-electron chi connectivity index (χ2n) is 5.75. The summed E-state index contributed by atoms with van der Waals surface area (Å²) in [7, 11) is 1.54. The SMILES string of the molecule is COc1cccc(OCC(=O)NCC(C)(C(=O)O)c2ccccc2)c1. The molecule has 0 aliphatic rings. The molecule has 2 rings (SSSR count). The number of nitrogens with one attached hydrogen (secondary N) is 1. The first-order valence-electron chi connectivity index (χ1n) is 7.78. The Bertz CT molecular complexity index is 732. The zero-order chi connectivity index (χ0) is 18.3. The molecule has 0 spiro atoms. The van der Waals surface area contributed by atoms with E-state index in [0.717, 1.165) is 0 Å². The van der Waals surface area contributed by atoms with E-state index in [9.17, 15) is 14.7 Å². The maximum Gasteiger partial charge on any atom is 0.315 e. The highest BCUT2D eigenvalue weighted by molar-refractivity contribution is 5.83. The highest BCUT2D eigenvalue weighted by Crippen LogP contribution is 2.23. The van der Waals surface area contributed by atoms with E-state index in [1.165, 1.54) is 0 Å². The lowest BCUT2D eigenvalue weighted by atomic mass is 9.82. The van der Waals surface area contributed by atoms with E-state index in [1.807, 2.05) is 6.07 Å². The van der Waals surface area contributed by atoms with Gasteiger partial charge >= 0.3 is 5.97 Å². The average Bonchev–Trinajstić information content (AvgIpc) is 2.65. The summed E-state index contributed by atoms with van der Waals surface area (Å²) in [6.45, 7) is 1.33. The third-order valence-corrected chi connectivity index (χ3v) is 3.93. The van der Waals surface area contributed by atoms with Gasteiger partial charge in [-0.15, -0.1) is 0 Å². The monoisotopic (exact) mass is 343 g/mol. The molecular weight excluding hydrogens is 322 g/mol. The molecule has 0 fully saturated rings. The van der Waals surface area contributed by atoms with Crippen molar-refractivity contribution in [1.82, 2.24) is 5.32 Å². The molecule has 2 aromatic carbocycles. The number of aliphatic carboxylic acids is 1. The third-order valence-electron chi connectivity index (χ3n) is 3.93. The summed E-state index contributed by atoms with van der Waals surface area (Å²) < 4.78 is 10.5. The van der Waals surface area contributed by atoms with Crippen LogP contribution in [-0.4, -0.2) is 37.2 Å². The molecule has 1 unspecified atom stereocenters. The number of carboxylic acid groups (broad SMARTS) is 1. The summed E-state index contributed by atoms with van der Waals surface area (Å²) in [6, 6.07) is 15.7. The summed E-state index contributed by atoms with van der Waals surface area (Å²) >= 11 is 0. The van der Waals surface area contributed by atoms with Gasteiger partial charge in [0, 0.05) is 12.6 Å². The minimum atomic E-state index is -1.22. The lowest BCUT2D eigenvalue weighted by Crippen LogP contribution is -2.45. The maximum absolute atomic E-state index is 12.0. The number of hydrogen-bond donors (Lipinski definition) is 2. The molecule has 6 heteroatoms. The fraction of sp³-hybridized carbons (Fsp3) is 0.263. The number of ether oxygens (including phenoxy) is 2. The number of methoxy groups -OCH3 is 1. The molecule has 0 saturated carbocycles. The van der Waals surface area contributed by atoms with Crippen molar-refractivity contribution in [2.45, 2.75) is 12.3 Å². The fourth-order valence-corrected chi connectivity index (χ4v) is 2.27. The van der Waals surface area contributed by atoms with Gasteiger partial charge in [-0.1, -0.05) is 36.4 Å². The topological polar surface area (TPSA) is 84.9 Å². The van der Waals surface area contributed by atoms with E-state index in [4.69, 9.17) is 9.47 Å². The Labute approximate surface area is 146 Å². The van der Waals surface area contributed by atoms with Crippen LogP contribution in [0.15, 0.2) is 54.6 Å². The van der Waals surface area contributed by atoms with Gasteiger partial charge in [0.1, 0.15) is 16.9 Å². The first kappa shape index (κ1) is 18.3. The van der Waals surface area contributed by atoms with Crippen LogP contribution in [0.1, 0.15) is 12.5 Å². The van der Waals surface area contributed by atoms with Crippen molar-refractivity contribution in [3.8, 4) is 11.5 Å². The molecule has 0 radical (unpaired) electrons. The Morgan fingerprint density at radius 1 is 1.08 bits per heavy atom. The second kappa shape index (κ2) is 8.19. The van der Waals surface area contributed by atoms with Crippen LogP contribution in [0.2, 0.25) is 0 Å². The highest BCUT2D eigenvalue weighted by atomic mass is 16.5. The molecule has 1 atom stereocenters. The quantitative estimate of drug-likeness (QED) is 0.768. The number of carbonyl (C=O) groups is 2. The Morgan fingerprint density at radius 3 is 2.40 bits per heavy atom. The molecule has 2 N–H and O–H groups in total. The van der Waals surface area contributed by atoms with Crippen LogP contribution in [0.3, 0.4) is 0 Å². The van der Waals surface area contributed by atoms with Crippen LogP contribution >= 0.6 is 0 Å². The smallest absolute Gasteiger partial charge is 0.315 e. The average molecular weight is 343 g/mol. The molecule has 0 saturated heterocycles. The van der Waals surface area contributed by atoms with Crippen molar-refractivity contribution in [2.24, 2.45) is 0 Å². The Kier molecular flexibility index (Phi) is 6.00. The normalized spacial score (nSPS) is 12.7. The lowest BCUT2D eigenvalue weighted by Gasteiger charge is -2.25. The summed E-state index contributed by atoms with van der Waals surface area (Å²) in [5.41, 5.74) is -0.594. The predicted molar refractivity (Wildman–Crippen MR) is 92.9 cm³/mol. The van der Waals surface area contributed by atoms with Gasteiger partial charge in [-0.2, -0.15) is 0 Å². The van der Waals surface area contributed by atoms with Gasteiger partial charge in [-0.05, 0) is 24.6 Å². The number of hydrogen-bond acceptors (Lipinski definition) is 4. The van der Waals surface area contributed by atoms with Gasteiger partial charge in [-0.3, -0.25) is 9.59 Å². The number of carboxylic acids is 1. The van der Waals surface area contributed by atoms with E-state index >= 15 is 0 Å². The third kappa shape index (κ3) is 4.73. The van der Waals surface area contributed by atoms with Gasteiger partial charge in [0.25, 0.3) is 5.91 Å². The van der Waals surface area contributed by atoms with Crippen LogP contribution in [0, 0.1) is 0 Å². The highest BCUT2D eigenvalue weighted by Gasteiger charge is 2.35. The molecular formula is C19H21NO5. The fourth-order valence-electron chi connectivity index (χ4n) is 2.27. The molecule has 0 bridgehead atoms. The van der Waals surface area contributed by atoms with Gasteiger partial charge in [0.05, 0.1) is 7.11 Å². The van der Waals surface area contributed by atoms with E-state index in [0.29, 0.717) is 17.1 Å². The van der Waals surface area contributed by atoms with Crippen molar-refractivity contribution >= 4 is 11.9 Å². The van der Waals surface area contributed by atoms with Crippen molar-refractivity contribution in [3.63, 3.8) is 0 Å². The summed E-state index contributed by atoms with van der Waals surface area (Å²) in [5.74, 6) is -0.280. The zero-order valence-corrected chi connectivity index (χ0v) is 14.2. The van der Waals surface area contributed by atoms with E-state index in [1.54, 1.807) is 62.6 Å². The molecule has 0 aliphatic carbocycles. The summed E-state index contributed by atoms with van der Waals surface area (Å²) in [6.07, 6.45) is 0. The van der Waals surface area contributed by atoms with Gasteiger partial charge in [0.15, 0.2) is 6.61 Å². The maximum atomic E-state index is 12.0. The van der Waals surface area contributed by atoms with E-state index < -0.39 is 17.3 Å². The molecule has 0 aliphatic heterocycles. The molecule has 2 aromatic rings. The summed E-state index contributed by atoms with van der Waals surface area (Å²) in [5, 5.41) is 12.2. The first-order valence-corrected chi connectivity index (χ1v) is 7.78. The van der Waals surface area contributed by atoms with Crippen LogP contribution < -0.4 is 14.8 Å². The van der Waals surface area contributed by atoms with Crippen molar-refractivity contribution < 1.29 is 24.2 Å². The van der Waals surface area contributed by atoms with Crippen LogP contribution in [0.25, 0.3) is 0 Å². The van der Waals surface area contributed by atoms with E-state index in [2.05, 4.69) is 5.32 Å². The molecule has 0 heterocycles. The zero-order valence-electron chi connectivity index (χ0n) is 14.2. The standard InChI is InChI=1S/C19H21NO5/c1-19(18(22)23,14-7-4-3-5-8-14)13-20-17(21)12-25-16-10-6-9-15(11-16)24-2/h3-11H,12-13H2,1-2H3,(H,20,21)(H,22,23). The van der Waals surface area contributed by atoms with Crippen LogP contribution in [-0.2, 0) is 15.0 Å². The van der Waals surface area contributed by atoms with Gasteiger partial charge in [-0.25, -0.2) is 0 Å². The van der Waals surface area contributed by atoms with Crippen LogP contribution in [0.5, 0.6) is 11.5 Å². The Balaban J connectivity index is 1.94. The molecule has 132 valence electrons. The van der Waals surface area contributed by atoms with Crippen molar-refractivity contribution in [2.75, 3.05) is 20.3 Å². The minimum absolute atomic E-state index is 0.0351.